The molecule has 0 aromatic heterocycles. The fourth-order valence-electron chi connectivity index (χ4n) is 3.90. The van der Waals surface area contributed by atoms with Gasteiger partial charge in [-0.05, 0) is 69.2 Å². The molecule has 0 radical (unpaired) electrons. The Labute approximate surface area is 194 Å². The molecular formula is C26H31NO6. The first kappa shape index (κ1) is 24.3. The number of benzene rings is 2. The summed E-state index contributed by atoms with van der Waals surface area (Å²) in [6, 6.07) is 11.7. The zero-order valence-electron chi connectivity index (χ0n) is 19.8. The Morgan fingerprint density at radius 3 is 2.39 bits per heavy atom. The van der Waals surface area contributed by atoms with Crippen LogP contribution in [0.2, 0.25) is 0 Å². The van der Waals surface area contributed by atoms with Gasteiger partial charge in [0.1, 0.15) is 17.3 Å². The number of carbonyl (C=O) groups excluding carboxylic acids is 2. The van der Waals surface area contributed by atoms with E-state index in [-0.39, 0.29) is 30.6 Å². The Hall–Kier alpha value is -3.32. The highest BCUT2D eigenvalue weighted by Crippen LogP contribution is 2.40. The topological polar surface area (TPSA) is 85.3 Å². The third-order valence-corrected chi connectivity index (χ3v) is 5.39. The Balaban J connectivity index is 2.09. The van der Waals surface area contributed by atoms with Crippen molar-refractivity contribution >= 4 is 17.4 Å². The largest absolute Gasteiger partial charge is 0.507 e. The number of ether oxygens (including phenoxy) is 3. The van der Waals surface area contributed by atoms with E-state index in [4.69, 9.17) is 14.2 Å². The Morgan fingerprint density at radius 2 is 1.82 bits per heavy atom. The summed E-state index contributed by atoms with van der Waals surface area (Å²) in [6.45, 7) is 8.65. The standard InChI is InChI=1S/C26H31NO6/c1-6-32-20-10-7-18(8-11-20)23-22(25(29)26(30)27(23)13-14-31-5)24(28)19-9-12-21(17(4)15-19)33-16(2)3/h7-12,15-16,23,28H,6,13-14H2,1-5H3. The summed E-state index contributed by atoms with van der Waals surface area (Å²) in [5, 5.41) is 11.2. The van der Waals surface area contributed by atoms with E-state index in [0.29, 0.717) is 29.2 Å². The van der Waals surface area contributed by atoms with Gasteiger partial charge in [0.05, 0.1) is 30.9 Å². The Morgan fingerprint density at radius 1 is 1.12 bits per heavy atom. The van der Waals surface area contributed by atoms with Gasteiger partial charge in [0.15, 0.2) is 0 Å². The molecule has 1 unspecified atom stereocenters. The van der Waals surface area contributed by atoms with Crippen molar-refractivity contribution in [2.75, 3.05) is 26.9 Å². The maximum Gasteiger partial charge on any atom is 0.295 e. The number of nitrogens with zero attached hydrogens (tertiary/aromatic N) is 1. The number of aliphatic hydroxyl groups is 1. The lowest BCUT2D eigenvalue weighted by molar-refractivity contribution is -0.140. The molecule has 0 bridgehead atoms. The van der Waals surface area contributed by atoms with Gasteiger partial charge < -0.3 is 24.2 Å². The van der Waals surface area contributed by atoms with Gasteiger partial charge in [-0.15, -0.1) is 0 Å². The number of rotatable bonds is 9. The molecule has 1 amide bonds. The first-order valence-corrected chi connectivity index (χ1v) is 11.1. The molecule has 1 N–H and O–H groups in total. The summed E-state index contributed by atoms with van der Waals surface area (Å²) in [7, 11) is 1.53. The summed E-state index contributed by atoms with van der Waals surface area (Å²) < 4.78 is 16.4. The monoisotopic (exact) mass is 453 g/mol. The van der Waals surface area contributed by atoms with E-state index in [2.05, 4.69) is 0 Å². The second kappa shape index (κ2) is 10.5. The summed E-state index contributed by atoms with van der Waals surface area (Å²) >= 11 is 0. The van der Waals surface area contributed by atoms with E-state index in [1.165, 1.54) is 12.0 Å². The van der Waals surface area contributed by atoms with Gasteiger partial charge in [-0.2, -0.15) is 0 Å². The van der Waals surface area contributed by atoms with Crippen LogP contribution in [0.1, 0.15) is 43.5 Å². The van der Waals surface area contributed by atoms with Crippen LogP contribution in [0.4, 0.5) is 0 Å². The van der Waals surface area contributed by atoms with Crippen LogP contribution in [-0.4, -0.2) is 54.7 Å². The van der Waals surface area contributed by atoms with E-state index >= 15 is 0 Å². The molecule has 33 heavy (non-hydrogen) atoms. The van der Waals surface area contributed by atoms with E-state index in [0.717, 1.165) is 5.56 Å². The lowest BCUT2D eigenvalue weighted by Crippen LogP contribution is -2.32. The van der Waals surface area contributed by atoms with Crippen molar-refractivity contribution < 1.29 is 28.9 Å². The molecule has 3 rings (SSSR count). The van der Waals surface area contributed by atoms with Crippen LogP contribution in [0, 0.1) is 6.92 Å². The highest BCUT2D eigenvalue weighted by atomic mass is 16.5. The number of amides is 1. The number of carbonyl (C=O) groups is 2. The number of Topliss-reactive ketones (excluding diaryl/α,β-unsaturated/α-hetero) is 1. The molecule has 7 heteroatoms. The maximum atomic E-state index is 13.0. The molecule has 0 saturated carbocycles. The van der Waals surface area contributed by atoms with Crippen LogP contribution in [0.5, 0.6) is 11.5 Å². The Kier molecular flexibility index (Phi) is 7.76. The first-order valence-electron chi connectivity index (χ1n) is 11.1. The first-order chi connectivity index (χ1) is 15.8. The predicted molar refractivity (Wildman–Crippen MR) is 125 cm³/mol. The molecular weight excluding hydrogens is 422 g/mol. The highest BCUT2D eigenvalue weighted by molar-refractivity contribution is 6.46. The van der Waals surface area contributed by atoms with Crippen LogP contribution in [0.25, 0.3) is 5.76 Å². The average Bonchev–Trinajstić information content (AvgIpc) is 3.03. The minimum atomic E-state index is -0.734. The molecule has 7 nitrogen and oxygen atoms in total. The third-order valence-electron chi connectivity index (χ3n) is 5.39. The number of likely N-dealkylation sites (tertiary alicyclic amines) is 1. The van der Waals surface area contributed by atoms with Crippen molar-refractivity contribution in [1.82, 2.24) is 4.90 Å². The molecule has 2 aromatic rings. The molecule has 1 saturated heterocycles. The number of hydrogen-bond donors (Lipinski definition) is 1. The molecule has 1 aliphatic rings. The van der Waals surface area contributed by atoms with Crippen molar-refractivity contribution in [3.8, 4) is 11.5 Å². The molecule has 1 aliphatic heterocycles. The second-order valence-electron chi connectivity index (χ2n) is 8.13. The highest BCUT2D eigenvalue weighted by Gasteiger charge is 2.45. The summed E-state index contributed by atoms with van der Waals surface area (Å²) in [4.78, 5) is 27.4. The fraction of sp³-hybridized carbons (Fsp3) is 0.385. The summed E-state index contributed by atoms with van der Waals surface area (Å²) in [5.74, 6) is -0.213. The zero-order chi connectivity index (χ0) is 24.1. The number of aryl methyl sites for hydroxylation is 1. The number of ketones is 1. The van der Waals surface area contributed by atoms with Gasteiger partial charge in [-0.3, -0.25) is 9.59 Å². The van der Waals surface area contributed by atoms with Crippen LogP contribution >= 0.6 is 0 Å². The average molecular weight is 454 g/mol. The lowest BCUT2D eigenvalue weighted by Gasteiger charge is -2.25. The minimum Gasteiger partial charge on any atom is -0.507 e. The Bertz CT molecular complexity index is 1040. The molecule has 0 aliphatic carbocycles. The van der Waals surface area contributed by atoms with Crippen LogP contribution in [-0.2, 0) is 14.3 Å². The second-order valence-corrected chi connectivity index (χ2v) is 8.13. The van der Waals surface area contributed by atoms with Crippen molar-refractivity contribution in [3.05, 3.63) is 64.7 Å². The molecule has 176 valence electrons. The summed E-state index contributed by atoms with van der Waals surface area (Å²) in [5.41, 5.74) is 2.02. The lowest BCUT2D eigenvalue weighted by atomic mass is 9.94. The SMILES string of the molecule is CCOc1ccc(C2C(=C(O)c3ccc(OC(C)C)c(C)c3)C(=O)C(=O)N2CCOC)cc1. The fourth-order valence-corrected chi connectivity index (χ4v) is 3.90. The summed E-state index contributed by atoms with van der Waals surface area (Å²) in [6.07, 6.45) is 0.00826. The smallest absolute Gasteiger partial charge is 0.295 e. The van der Waals surface area contributed by atoms with Gasteiger partial charge in [-0.1, -0.05) is 12.1 Å². The minimum absolute atomic E-state index is 0.00826. The van der Waals surface area contributed by atoms with Gasteiger partial charge in [0.2, 0.25) is 0 Å². The normalized spacial score (nSPS) is 17.6. The number of aliphatic hydroxyl groups excluding tert-OH is 1. The van der Waals surface area contributed by atoms with E-state index in [1.54, 1.807) is 42.5 Å². The van der Waals surface area contributed by atoms with Gasteiger partial charge in [-0.25, -0.2) is 0 Å². The van der Waals surface area contributed by atoms with E-state index in [9.17, 15) is 14.7 Å². The molecule has 1 fully saturated rings. The van der Waals surface area contributed by atoms with Gasteiger partial charge in [0.25, 0.3) is 11.7 Å². The van der Waals surface area contributed by atoms with Crippen molar-refractivity contribution in [2.24, 2.45) is 0 Å². The van der Waals surface area contributed by atoms with Gasteiger partial charge >= 0.3 is 0 Å². The van der Waals surface area contributed by atoms with Crippen LogP contribution in [0.3, 0.4) is 0 Å². The molecule has 1 atom stereocenters. The zero-order valence-corrected chi connectivity index (χ0v) is 19.8. The van der Waals surface area contributed by atoms with E-state index < -0.39 is 17.7 Å². The van der Waals surface area contributed by atoms with E-state index in [1.807, 2.05) is 27.7 Å². The third kappa shape index (κ3) is 5.20. The number of methoxy groups -OCH3 is 1. The van der Waals surface area contributed by atoms with Gasteiger partial charge in [0, 0.05) is 19.2 Å². The number of hydrogen-bond acceptors (Lipinski definition) is 6. The van der Waals surface area contributed by atoms with Crippen LogP contribution in [0.15, 0.2) is 48.0 Å². The molecule has 2 aromatic carbocycles. The van der Waals surface area contributed by atoms with Crippen molar-refractivity contribution in [2.45, 2.75) is 39.8 Å². The molecule has 0 spiro atoms. The van der Waals surface area contributed by atoms with Crippen molar-refractivity contribution in [1.29, 1.82) is 0 Å². The quantitative estimate of drug-likeness (QED) is 0.347. The maximum absolute atomic E-state index is 13.0. The van der Waals surface area contributed by atoms with Crippen LogP contribution < -0.4 is 9.47 Å². The van der Waals surface area contributed by atoms with Crippen molar-refractivity contribution in [3.63, 3.8) is 0 Å². The predicted octanol–water partition coefficient (Wildman–Crippen LogP) is 4.25. The molecule has 1 heterocycles.